The third-order valence-electron chi connectivity index (χ3n) is 7.67. The van der Waals surface area contributed by atoms with Crippen LogP contribution in [0.15, 0.2) is 60.9 Å². The van der Waals surface area contributed by atoms with E-state index in [4.69, 9.17) is 14.5 Å². The summed E-state index contributed by atoms with van der Waals surface area (Å²) in [6, 6.07) is 18.4. The number of benzene rings is 2. The van der Waals surface area contributed by atoms with Crippen molar-refractivity contribution in [2.75, 3.05) is 18.4 Å². The van der Waals surface area contributed by atoms with Gasteiger partial charge in [0, 0.05) is 42.8 Å². The van der Waals surface area contributed by atoms with Gasteiger partial charge in [0.25, 0.3) is 0 Å². The van der Waals surface area contributed by atoms with Crippen molar-refractivity contribution in [2.45, 2.75) is 71.9 Å². The number of hydrogen-bond acceptors (Lipinski definition) is 8. The van der Waals surface area contributed by atoms with Gasteiger partial charge < -0.3 is 19.7 Å². The molecule has 2 atom stereocenters. The summed E-state index contributed by atoms with van der Waals surface area (Å²) in [6.07, 6.45) is 6.50. The van der Waals surface area contributed by atoms with E-state index in [1.54, 1.807) is 17.3 Å². The zero-order valence-electron chi connectivity index (χ0n) is 26.1. The van der Waals surface area contributed by atoms with Gasteiger partial charge in [-0.1, -0.05) is 30.3 Å². The summed E-state index contributed by atoms with van der Waals surface area (Å²) in [5, 5.41) is 14.8. The fraction of sp³-hybridized carbons (Fsp3) is 0.400. The molecular weight excluding hydrogens is 552 g/mol. The Hall–Kier alpha value is -4.71. The molecule has 0 bridgehead atoms. The summed E-state index contributed by atoms with van der Waals surface area (Å²) >= 11 is 0. The SMILES string of the molecule is Cc1ccc2c(CCC(C)C#N)cccc2c1Oc1ncccc1-c1ccnc(N[C@H]2CCCN(C(=O)OC(C)(C)C)C2)n1. The first-order valence-electron chi connectivity index (χ1n) is 15.2. The molecule has 9 heteroatoms. The minimum atomic E-state index is -0.540. The van der Waals surface area contributed by atoms with Crippen LogP contribution in [0.1, 0.15) is 58.1 Å². The van der Waals surface area contributed by atoms with Gasteiger partial charge in [-0.2, -0.15) is 5.26 Å². The number of ether oxygens (including phenoxy) is 2. The number of aromatic nitrogens is 3. The van der Waals surface area contributed by atoms with Crippen molar-refractivity contribution in [2.24, 2.45) is 5.92 Å². The van der Waals surface area contributed by atoms with Crippen LogP contribution < -0.4 is 10.1 Å². The van der Waals surface area contributed by atoms with Crippen LogP contribution in [-0.4, -0.2) is 50.7 Å². The van der Waals surface area contributed by atoms with Crippen molar-refractivity contribution in [1.29, 1.82) is 5.26 Å². The lowest BCUT2D eigenvalue weighted by molar-refractivity contribution is 0.0206. The van der Waals surface area contributed by atoms with Gasteiger partial charge in [0.1, 0.15) is 11.4 Å². The lowest BCUT2D eigenvalue weighted by atomic mass is 9.96. The van der Waals surface area contributed by atoms with Crippen molar-refractivity contribution in [3.8, 4) is 29.0 Å². The minimum Gasteiger partial charge on any atom is -0.444 e. The van der Waals surface area contributed by atoms with Crippen LogP contribution in [0.3, 0.4) is 0 Å². The number of likely N-dealkylation sites (tertiary alicyclic amines) is 1. The molecule has 0 radical (unpaired) electrons. The number of amides is 1. The molecule has 0 saturated carbocycles. The first-order chi connectivity index (χ1) is 21.1. The molecule has 5 rings (SSSR count). The Kier molecular flexibility index (Phi) is 9.29. The summed E-state index contributed by atoms with van der Waals surface area (Å²) in [6.45, 7) is 10.8. The molecule has 2 aromatic carbocycles. The summed E-state index contributed by atoms with van der Waals surface area (Å²) in [5.41, 5.74) is 3.06. The molecule has 2 aromatic heterocycles. The molecule has 0 spiro atoms. The number of nitriles is 1. The van der Waals surface area contributed by atoms with Gasteiger partial charge in [-0.05, 0) is 95.0 Å². The van der Waals surface area contributed by atoms with Gasteiger partial charge >= 0.3 is 6.09 Å². The average molecular weight is 593 g/mol. The van der Waals surface area contributed by atoms with E-state index < -0.39 is 5.60 Å². The molecular formula is C35H40N6O3. The maximum Gasteiger partial charge on any atom is 0.410 e. The van der Waals surface area contributed by atoms with Gasteiger partial charge in [0.2, 0.25) is 11.8 Å². The highest BCUT2D eigenvalue weighted by Gasteiger charge is 2.28. The Bertz CT molecular complexity index is 1680. The van der Waals surface area contributed by atoms with Gasteiger partial charge in [-0.25, -0.2) is 19.7 Å². The third-order valence-corrected chi connectivity index (χ3v) is 7.67. The third kappa shape index (κ3) is 7.43. The summed E-state index contributed by atoms with van der Waals surface area (Å²) in [5.74, 6) is 1.67. The molecule has 1 N–H and O–H groups in total. The predicted octanol–water partition coefficient (Wildman–Crippen LogP) is 7.70. The summed E-state index contributed by atoms with van der Waals surface area (Å²) in [7, 11) is 0. The first-order valence-corrected chi connectivity index (χ1v) is 15.2. The Morgan fingerprint density at radius 1 is 1.11 bits per heavy atom. The Morgan fingerprint density at radius 2 is 1.95 bits per heavy atom. The molecule has 1 aliphatic rings. The number of carbonyl (C=O) groups is 1. The van der Waals surface area contributed by atoms with E-state index in [9.17, 15) is 10.1 Å². The van der Waals surface area contributed by atoms with E-state index in [1.807, 2.05) is 58.9 Å². The highest BCUT2D eigenvalue weighted by molar-refractivity contribution is 5.92. The van der Waals surface area contributed by atoms with Crippen LogP contribution in [0.5, 0.6) is 11.6 Å². The number of pyridine rings is 1. The second-order valence-corrected chi connectivity index (χ2v) is 12.4. The lowest BCUT2D eigenvalue weighted by Gasteiger charge is -2.34. The maximum atomic E-state index is 12.6. The van der Waals surface area contributed by atoms with Crippen molar-refractivity contribution in [3.05, 3.63) is 72.1 Å². The van der Waals surface area contributed by atoms with Crippen LogP contribution in [0.25, 0.3) is 22.0 Å². The van der Waals surface area contributed by atoms with E-state index in [1.165, 1.54) is 5.56 Å². The number of rotatable bonds is 8. The van der Waals surface area contributed by atoms with E-state index in [0.29, 0.717) is 30.6 Å². The van der Waals surface area contributed by atoms with E-state index in [-0.39, 0.29) is 18.1 Å². The molecule has 4 aromatic rings. The molecule has 1 fully saturated rings. The normalized spacial score (nSPS) is 15.8. The maximum absolute atomic E-state index is 12.6. The quantitative estimate of drug-likeness (QED) is 0.221. The molecule has 1 saturated heterocycles. The second-order valence-electron chi connectivity index (χ2n) is 12.4. The molecule has 1 amide bonds. The number of carbonyl (C=O) groups excluding carboxylic acids is 1. The summed E-state index contributed by atoms with van der Waals surface area (Å²) in [4.78, 5) is 28.3. The smallest absolute Gasteiger partial charge is 0.410 e. The number of hydrogen-bond donors (Lipinski definition) is 1. The molecule has 0 aliphatic carbocycles. The Morgan fingerprint density at radius 3 is 2.75 bits per heavy atom. The highest BCUT2D eigenvalue weighted by atomic mass is 16.6. The molecule has 44 heavy (non-hydrogen) atoms. The first kappa shape index (κ1) is 30.7. The highest BCUT2D eigenvalue weighted by Crippen LogP contribution is 2.38. The van der Waals surface area contributed by atoms with Gasteiger partial charge in [-0.3, -0.25) is 0 Å². The van der Waals surface area contributed by atoms with Crippen LogP contribution in [0.2, 0.25) is 0 Å². The number of piperidine rings is 1. The number of aryl methyl sites for hydroxylation is 2. The minimum absolute atomic E-state index is 0.000173. The largest absolute Gasteiger partial charge is 0.444 e. The van der Waals surface area contributed by atoms with E-state index >= 15 is 0 Å². The van der Waals surface area contributed by atoms with Crippen LogP contribution in [0, 0.1) is 24.2 Å². The van der Waals surface area contributed by atoms with Crippen molar-refractivity contribution >= 4 is 22.8 Å². The van der Waals surface area contributed by atoms with Crippen LogP contribution >= 0.6 is 0 Å². The number of anilines is 1. The van der Waals surface area contributed by atoms with Crippen LogP contribution in [0.4, 0.5) is 10.7 Å². The Balaban J connectivity index is 1.38. The average Bonchev–Trinajstić information content (AvgIpc) is 3.01. The zero-order valence-corrected chi connectivity index (χ0v) is 26.1. The van der Waals surface area contributed by atoms with E-state index in [2.05, 4.69) is 45.6 Å². The molecule has 228 valence electrons. The fourth-order valence-electron chi connectivity index (χ4n) is 5.41. The van der Waals surface area contributed by atoms with Gasteiger partial charge in [0.15, 0.2) is 0 Å². The predicted molar refractivity (Wildman–Crippen MR) is 172 cm³/mol. The topological polar surface area (TPSA) is 113 Å². The van der Waals surface area contributed by atoms with Crippen molar-refractivity contribution in [3.63, 3.8) is 0 Å². The second kappa shape index (κ2) is 13.3. The lowest BCUT2D eigenvalue weighted by Crippen LogP contribution is -2.47. The Labute approximate surface area is 259 Å². The molecule has 1 unspecified atom stereocenters. The fourth-order valence-corrected chi connectivity index (χ4v) is 5.41. The number of nitrogens with zero attached hydrogens (tertiary/aromatic N) is 5. The van der Waals surface area contributed by atoms with E-state index in [0.717, 1.165) is 53.3 Å². The van der Waals surface area contributed by atoms with Crippen LogP contribution in [-0.2, 0) is 11.2 Å². The van der Waals surface area contributed by atoms with Crippen molar-refractivity contribution < 1.29 is 14.3 Å². The number of nitrogens with one attached hydrogen (secondary N) is 1. The van der Waals surface area contributed by atoms with Gasteiger partial charge in [0.05, 0.1) is 17.3 Å². The monoisotopic (exact) mass is 592 g/mol. The van der Waals surface area contributed by atoms with Crippen molar-refractivity contribution in [1.82, 2.24) is 19.9 Å². The van der Waals surface area contributed by atoms with Gasteiger partial charge in [-0.15, -0.1) is 0 Å². The summed E-state index contributed by atoms with van der Waals surface area (Å²) < 4.78 is 12.2. The standard InChI is InChI=1S/C35H40N6O3/c1-23(21-36)13-15-25-9-6-11-28-27(25)16-14-24(2)31(28)43-32-29(12-7-18-37-32)30-17-19-38-33(40-30)39-26-10-8-20-41(22-26)34(42)44-35(3,4)5/h6-7,9,11-12,14,16-19,23,26H,8,10,13,15,20,22H2,1-5H3,(H,38,39,40)/t23?,26-/m0/s1. The molecule has 9 nitrogen and oxygen atoms in total. The number of fused-ring (bicyclic) bond motifs is 1. The molecule has 3 heterocycles. The molecule has 1 aliphatic heterocycles. The zero-order chi connectivity index (χ0) is 31.3.